The van der Waals surface area contributed by atoms with Gasteiger partial charge in [0.15, 0.2) is 0 Å². The summed E-state index contributed by atoms with van der Waals surface area (Å²) in [5.41, 5.74) is 0.866. The zero-order valence-corrected chi connectivity index (χ0v) is 15.5. The fourth-order valence-electron chi connectivity index (χ4n) is 3.67. The topological polar surface area (TPSA) is 59.9 Å². The van der Waals surface area contributed by atoms with Gasteiger partial charge in [0.1, 0.15) is 0 Å². The van der Waals surface area contributed by atoms with E-state index in [0.717, 1.165) is 50.0 Å². The van der Waals surface area contributed by atoms with Gasteiger partial charge in [0.25, 0.3) is 0 Å². The molecule has 2 fully saturated rings. The number of thiazole rings is 1. The Balaban J connectivity index is 1.54. The number of likely N-dealkylation sites (tertiary alicyclic amines) is 1. The van der Waals surface area contributed by atoms with Crippen LogP contribution in [-0.2, 0) is 11.2 Å². The number of aliphatic hydroxyl groups excluding tert-OH is 1. The number of aliphatic hydroxyl groups is 1. The number of aryl methyl sites for hydroxylation is 1. The van der Waals surface area contributed by atoms with Crippen LogP contribution in [0.3, 0.4) is 0 Å². The number of nitrogens with zero attached hydrogens (tertiary/aromatic N) is 4. The molecule has 2 atom stereocenters. The maximum absolute atomic E-state index is 12.6. The Morgan fingerprint density at radius 2 is 2.00 bits per heavy atom. The van der Waals surface area contributed by atoms with Crippen LogP contribution in [0.2, 0.25) is 0 Å². The van der Waals surface area contributed by atoms with E-state index in [-0.39, 0.29) is 18.4 Å². The van der Waals surface area contributed by atoms with Gasteiger partial charge < -0.3 is 19.8 Å². The lowest BCUT2D eigenvalue weighted by Gasteiger charge is -2.34. The molecule has 7 heteroatoms. The Morgan fingerprint density at radius 3 is 2.62 bits per heavy atom. The molecule has 1 N–H and O–H groups in total. The van der Waals surface area contributed by atoms with Crippen LogP contribution in [0.4, 0.5) is 0 Å². The van der Waals surface area contributed by atoms with Crippen LogP contribution >= 0.6 is 11.3 Å². The predicted molar refractivity (Wildman–Crippen MR) is 95.1 cm³/mol. The third-order valence-corrected chi connectivity index (χ3v) is 6.07. The molecule has 0 spiro atoms. The number of rotatable bonds is 5. The zero-order chi connectivity index (χ0) is 17.1. The molecule has 2 aliphatic rings. The van der Waals surface area contributed by atoms with Crippen LogP contribution in [0.15, 0.2) is 5.38 Å². The number of amides is 1. The summed E-state index contributed by atoms with van der Waals surface area (Å²) in [6, 6.07) is 0. The minimum Gasteiger partial charge on any atom is -0.396 e. The smallest absolute Gasteiger partial charge is 0.228 e. The van der Waals surface area contributed by atoms with Gasteiger partial charge in [-0.25, -0.2) is 4.98 Å². The third kappa shape index (κ3) is 4.33. The van der Waals surface area contributed by atoms with Crippen molar-refractivity contribution in [1.82, 2.24) is 19.7 Å². The van der Waals surface area contributed by atoms with Crippen molar-refractivity contribution in [2.24, 2.45) is 11.8 Å². The van der Waals surface area contributed by atoms with Gasteiger partial charge in [0.2, 0.25) is 5.91 Å². The van der Waals surface area contributed by atoms with E-state index >= 15 is 0 Å². The summed E-state index contributed by atoms with van der Waals surface area (Å²) in [6.45, 7) is 8.91. The van der Waals surface area contributed by atoms with Crippen molar-refractivity contribution in [3.8, 4) is 0 Å². The number of hydrogen-bond donors (Lipinski definition) is 1. The first kappa shape index (κ1) is 17.8. The van der Waals surface area contributed by atoms with Gasteiger partial charge in [-0.15, -0.1) is 11.3 Å². The van der Waals surface area contributed by atoms with Crippen molar-refractivity contribution in [3.05, 3.63) is 16.1 Å². The lowest BCUT2D eigenvalue weighted by molar-refractivity contribution is -0.129. The molecule has 2 saturated heterocycles. The lowest BCUT2D eigenvalue weighted by Crippen LogP contribution is -2.47. The monoisotopic (exact) mass is 352 g/mol. The van der Waals surface area contributed by atoms with Gasteiger partial charge in [-0.3, -0.25) is 4.79 Å². The van der Waals surface area contributed by atoms with Gasteiger partial charge >= 0.3 is 0 Å². The highest BCUT2D eigenvalue weighted by Crippen LogP contribution is 2.25. The first-order chi connectivity index (χ1) is 11.5. The molecule has 0 aliphatic carbocycles. The summed E-state index contributed by atoms with van der Waals surface area (Å²) < 4.78 is 0. The van der Waals surface area contributed by atoms with E-state index in [1.54, 1.807) is 11.3 Å². The van der Waals surface area contributed by atoms with Crippen LogP contribution in [0, 0.1) is 18.8 Å². The maximum atomic E-state index is 12.6. The zero-order valence-electron chi connectivity index (χ0n) is 14.6. The number of piperazine rings is 1. The average molecular weight is 353 g/mol. The molecular formula is C17H28N4O2S. The molecule has 6 nitrogen and oxygen atoms in total. The second kappa shape index (κ2) is 7.91. The second-order valence-electron chi connectivity index (χ2n) is 7.14. The standard InChI is InChI=1S/C17H28N4O2S/c1-13-18-16(12-24-13)7-17(23)21-9-14(15(10-21)11-22)8-20-5-3-19(2)4-6-20/h12,14-15,22H,3-11H2,1-2H3/t14-,15-/m1/s1. The molecule has 24 heavy (non-hydrogen) atoms. The van der Waals surface area contributed by atoms with Crippen LogP contribution in [0.25, 0.3) is 0 Å². The van der Waals surface area contributed by atoms with Gasteiger partial charge in [0, 0.05) is 63.7 Å². The van der Waals surface area contributed by atoms with Crippen molar-refractivity contribution in [3.63, 3.8) is 0 Å². The number of aromatic nitrogens is 1. The predicted octanol–water partition coefficient (Wildman–Crippen LogP) is 0.308. The third-order valence-electron chi connectivity index (χ3n) is 5.25. The molecule has 134 valence electrons. The Hall–Kier alpha value is -1.02. The molecule has 0 aromatic carbocycles. The van der Waals surface area contributed by atoms with E-state index in [1.165, 1.54) is 0 Å². The minimum atomic E-state index is 0.139. The summed E-state index contributed by atoms with van der Waals surface area (Å²) in [6.07, 6.45) is 0.379. The van der Waals surface area contributed by atoms with Gasteiger partial charge in [-0.2, -0.15) is 0 Å². The van der Waals surface area contributed by atoms with Crippen molar-refractivity contribution in [2.45, 2.75) is 13.3 Å². The molecule has 1 aromatic heterocycles. The summed E-state index contributed by atoms with van der Waals surface area (Å²) in [5, 5.41) is 12.7. The van der Waals surface area contributed by atoms with E-state index in [9.17, 15) is 9.90 Å². The van der Waals surface area contributed by atoms with Crippen LogP contribution in [-0.4, -0.2) is 90.2 Å². The highest BCUT2D eigenvalue weighted by atomic mass is 32.1. The molecule has 0 unspecified atom stereocenters. The van der Waals surface area contributed by atoms with Crippen molar-refractivity contribution in [1.29, 1.82) is 0 Å². The van der Waals surface area contributed by atoms with E-state index < -0.39 is 0 Å². The molecule has 3 heterocycles. The Morgan fingerprint density at radius 1 is 1.29 bits per heavy atom. The minimum absolute atomic E-state index is 0.139. The summed E-state index contributed by atoms with van der Waals surface area (Å²) in [5.74, 6) is 0.713. The van der Waals surface area contributed by atoms with Crippen molar-refractivity contribution >= 4 is 17.2 Å². The fraction of sp³-hybridized carbons (Fsp3) is 0.765. The highest BCUT2D eigenvalue weighted by molar-refractivity contribution is 7.09. The van der Waals surface area contributed by atoms with Gasteiger partial charge in [-0.05, 0) is 19.9 Å². The molecule has 1 amide bonds. The van der Waals surface area contributed by atoms with Crippen molar-refractivity contribution < 1.29 is 9.90 Å². The molecule has 1 aromatic rings. The van der Waals surface area contributed by atoms with E-state index in [2.05, 4.69) is 21.8 Å². The number of carbonyl (C=O) groups excluding carboxylic acids is 1. The van der Waals surface area contributed by atoms with E-state index in [0.29, 0.717) is 18.9 Å². The number of likely N-dealkylation sites (N-methyl/N-ethyl adjacent to an activating group) is 1. The SMILES string of the molecule is Cc1nc(CC(=O)N2C[C@@H](CN3CCN(C)CC3)[C@@H](CO)C2)cs1. The summed E-state index contributed by atoms with van der Waals surface area (Å²) >= 11 is 1.59. The first-order valence-electron chi connectivity index (χ1n) is 8.75. The van der Waals surface area contributed by atoms with Crippen LogP contribution in [0.1, 0.15) is 10.7 Å². The lowest BCUT2D eigenvalue weighted by atomic mass is 9.96. The van der Waals surface area contributed by atoms with E-state index in [1.807, 2.05) is 17.2 Å². The van der Waals surface area contributed by atoms with Gasteiger partial charge in [-0.1, -0.05) is 0 Å². The van der Waals surface area contributed by atoms with Crippen LogP contribution < -0.4 is 0 Å². The van der Waals surface area contributed by atoms with Gasteiger partial charge in [0.05, 0.1) is 17.1 Å². The number of hydrogen-bond acceptors (Lipinski definition) is 6. The Kier molecular flexibility index (Phi) is 5.86. The highest BCUT2D eigenvalue weighted by Gasteiger charge is 2.36. The fourth-order valence-corrected chi connectivity index (χ4v) is 4.29. The molecular weight excluding hydrogens is 324 g/mol. The second-order valence-corrected chi connectivity index (χ2v) is 8.20. The van der Waals surface area contributed by atoms with Crippen LogP contribution in [0.5, 0.6) is 0 Å². The molecule has 2 aliphatic heterocycles. The number of carbonyl (C=O) groups is 1. The Labute approximate surface area is 148 Å². The van der Waals surface area contributed by atoms with E-state index in [4.69, 9.17) is 0 Å². The first-order valence-corrected chi connectivity index (χ1v) is 9.63. The summed E-state index contributed by atoms with van der Waals surface area (Å²) in [4.78, 5) is 23.7. The quantitative estimate of drug-likeness (QED) is 0.826. The molecule has 0 radical (unpaired) electrons. The van der Waals surface area contributed by atoms with Crippen molar-refractivity contribution in [2.75, 3.05) is 59.5 Å². The molecule has 0 saturated carbocycles. The molecule has 0 bridgehead atoms. The molecule has 3 rings (SSSR count). The largest absolute Gasteiger partial charge is 0.396 e. The normalized spacial score (nSPS) is 26.2. The average Bonchev–Trinajstić information content (AvgIpc) is 3.15. The summed E-state index contributed by atoms with van der Waals surface area (Å²) in [7, 11) is 2.16. The maximum Gasteiger partial charge on any atom is 0.228 e. The Bertz CT molecular complexity index is 557.